The van der Waals surface area contributed by atoms with E-state index >= 15 is 0 Å². The van der Waals surface area contributed by atoms with Gasteiger partial charge >= 0.3 is 0 Å². The summed E-state index contributed by atoms with van der Waals surface area (Å²) in [5.41, 5.74) is 0.696. The molecule has 1 fully saturated rings. The largest absolute Gasteiger partial charge is 0.350 e. The Labute approximate surface area is 172 Å². The van der Waals surface area contributed by atoms with Gasteiger partial charge in [-0.15, -0.1) is 11.3 Å². The number of fused-ring (bicyclic) bond motifs is 1. The summed E-state index contributed by atoms with van der Waals surface area (Å²) in [6, 6.07) is 11.6. The molecule has 1 aliphatic rings. The highest BCUT2D eigenvalue weighted by Gasteiger charge is 2.25. The number of carbonyl (C=O) groups excluding carboxylic acids is 1. The number of thioether (sulfide) groups is 1. The van der Waals surface area contributed by atoms with Crippen molar-refractivity contribution in [3.8, 4) is 0 Å². The van der Waals surface area contributed by atoms with Crippen LogP contribution in [-0.4, -0.2) is 20.7 Å². The minimum atomic E-state index is -0.333. The number of benzene rings is 1. The van der Waals surface area contributed by atoms with E-state index in [0.29, 0.717) is 22.6 Å². The van der Waals surface area contributed by atoms with E-state index in [1.54, 1.807) is 11.3 Å². The molecule has 2 heterocycles. The molecule has 1 atom stereocenters. The van der Waals surface area contributed by atoms with Gasteiger partial charge in [0, 0.05) is 10.9 Å². The van der Waals surface area contributed by atoms with Gasteiger partial charge in [-0.1, -0.05) is 42.8 Å². The Balaban J connectivity index is 1.60. The van der Waals surface area contributed by atoms with Crippen molar-refractivity contribution >= 4 is 39.9 Å². The molecule has 5 nitrogen and oxygen atoms in total. The average Bonchev–Trinajstić information content (AvgIpc) is 3.40. The summed E-state index contributed by atoms with van der Waals surface area (Å²) in [5, 5.41) is 5.94. The first-order chi connectivity index (χ1) is 13.6. The molecule has 0 spiro atoms. The summed E-state index contributed by atoms with van der Waals surface area (Å²) in [6.07, 6.45) is 4.24. The van der Waals surface area contributed by atoms with Crippen LogP contribution in [0.25, 0.3) is 10.9 Å². The van der Waals surface area contributed by atoms with E-state index in [1.165, 1.54) is 11.8 Å². The summed E-state index contributed by atoms with van der Waals surface area (Å²) in [6.45, 7) is 2.40. The molecule has 0 radical (unpaired) electrons. The number of para-hydroxylation sites is 1. The van der Waals surface area contributed by atoms with Gasteiger partial charge < -0.3 is 5.32 Å². The number of nitrogens with zero attached hydrogens (tertiary/aromatic N) is 2. The zero-order chi connectivity index (χ0) is 19.5. The quantitative estimate of drug-likeness (QED) is 0.481. The molecule has 7 heteroatoms. The highest BCUT2D eigenvalue weighted by molar-refractivity contribution is 8.00. The zero-order valence-corrected chi connectivity index (χ0v) is 17.4. The van der Waals surface area contributed by atoms with E-state index in [-0.39, 0.29) is 22.8 Å². The Kier molecular flexibility index (Phi) is 5.82. The molecule has 1 saturated carbocycles. The maximum Gasteiger partial charge on any atom is 0.262 e. The van der Waals surface area contributed by atoms with Crippen molar-refractivity contribution in [3.05, 3.63) is 57.0 Å². The molecule has 2 aromatic heterocycles. The number of thiophene rings is 1. The average molecular weight is 414 g/mol. The van der Waals surface area contributed by atoms with E-state index in [4.69, 9.17) is 4.98 Å². The Morgan fingerprint density at radius 1 is 1.29 bits per heavy atom. The van der Waals surface area contributed by atoms with E-state index in [2.05, 4.69) is 5.32 Å². The van der Waals surface area contributed by atoms with Gasteiger partial charge in [0.15, 0.2) is 5.16 Å². The summed E-state index contributed by atoms with van der Waals surface area (Å²) in [5.74, 6) is -0.0428. The lowest BCUT2D eigenvalue weighted by atomic mass is 10.2. The minimum Gasteiger partial charge on any atom is -0.350 e. The maximum atomic E-state index is 13.2. The number of aromatic nitrogens is 2. The lowest BCUT2D eigenvalue weighted by Gasteiger charge is -2.20. The molecule has 0 unspecified atom stereocenters. The number of amides is 1. The number of rotatable bonds is 6. The second-order valence-corrected chi connectivity index (χ2v) is 9.42. The highest BCUT2D eigenvalue weighted by Crippen LogP contribution is 2.33. The fourth-order valence-electron chi connectivity index (χ4n) is 3.64. The van der Waals surface area contributed by atoms with Crippen LogP contribution in [0.3, 0.4) is 0 Å². The van der Waals surface area contributed by atoms with Crippen LogP contribution < -0.4 is 10.9 Å². The Morgan fingerprint density at radius 3 is 2.82 bits per heavy atom. The predicted octanol–water partition coefficient (Wildman–Crippen LogP) is 4.37. The zero-order valence-electron chi connectivity index (χ0n) is 15.8. The molecule has 28 heavy (non-hydrogen) atoms. The summed E-state index contributed by atoms with van der Waals surface area (Å²) in [7, 11) is 0. The van der Waals surface area contributed by atoms with Crippen LogP contribution in [-0.2, 0) is 11.3 Å². The van der Waals surface area contributed by atoms with Gasteiger partial charge in [-0.25, -0.2) is 4.98 Å². The topological polar surface area (TPSA) is 64.0 Å². The normalized spacial score (nSPS) is 15.8. The van der Waals surface area contributed by atoms with Crippen LogP contribution >= 0.6 is 23.1 Å². The fraction of sp³-hybridized carbons (Fsp3) is 0.381. The molecule has 146 valence electrons. The van der Waals surface area contributed by atoms with Crippen molar-refractivity contribution in [1.29, 1.82) is 0 Å². The van der Waals surface area contributed by atoms with E-state index in [0.717, 1.165) is 30.6 Å². The summed E-state index contributed by atoms with van der Waals surface area (Å²) >= 11 is 3.00. The van der Waals surface area contributed by atoms with Gasteiger partial charge in [0.2, 0.25) is 5.91 Å². The van der Waals surface area contributed by atoms with Gasteiger partial charge in [0.1, 0.15) is 0 Å². The number of nitrogens with one attached hydrogen (secondary N) is 1. The van der Waals surface area contributed by atoms with Crippen LogP contribution in [0.2, 0.25) is 0 Å². The third kappa shape index (κ3) is 4.00. The standard InChI is InChI=1S/C21H23N3O2S2/c1-14(19(25)22-13-16-9-6-12-27-16)28-21-23-18-11-5-4-10-17(18)20(26)24(21)15-7-2-3-8-15/h4-6,9-12,14-15H,2-3,7-8,13H2,1H3,(H,22,25)/t14-/m0/s1. The third-order valence-electron chi connectivity index (χ3n) is 5.13. The van der Waals surface area contributed by atoms with Gasteiger partial charge in [0.05, 0.1) is 22.7 Å². The van der Waals surface area contributed by atoms with Crippen molar-refractivity contribution in [1.82, 2.24) is 14.9 Å². The molecule has 4 rings (SSSR count). The van der Waals surface area contributed by atoms with Gasteiger partial charge in [-0.3, -0.25) is 14.2 Å². The van der Waals surface area contributed by atoms with E-state index in [1.807, 2.05) is 53.3 Å². The molecule has 0 bridgehead atoms. The van der Waals surface area contributed by atoms with Gasteiger partial charge in [0.25, 0.3) is 5.56 Å². The van der Waals surface area contributed by atoms with Gasteiger partial charge in [-0.05, 0) is 43.3 Å². The monoisotopic (exact) mass is 413 g/mol. The molecule has 0 saturated heterocycles. The fourth-order valence-corrected chi connectivity index (χ4v) is 5.28. The lowest BCUT2D eigenvalue weighted by molar-refractivity contribution is -0.120. The van der Waals surface area contributed by atoms with E-state index < -0.39 is 0 Å². The molecule has 0 aliphatic heterocycles. The summed E-state index contributed by atoms with van der Waals surface area (Å²) in [4.78, 5) is 31.6. The third-order valence-corrected chi connectivity index (χ3v) is 7.08. The number of carbonyl (C=O) groups is 1. The van der Waals surface area contributed by atoms with Crippen LogP contribution in [0.4, 0.5) is 0 Å². The highest BCUT2D eigenvalue weighted by atomic mass is 32.2. The lowest BCUT2D eigenvalue weighted by Crippen LogP contribution is -2.32. The van der Waals surface area contributed by atoms with Gasteiger partial charge in [-0.2, -0.15) is 0 Å². The Bertz CT molecular complexity index is 1020. The molecule has 1 aliphatic carbocycles. The number of hydrogen-bond acceptors (Lipinski definition) is 5. The first-order valence-corrected chi connectivity index (χ1v) is 11.4. The first-order valence-electron chi connectivity index (χ1n) is 9.61. The van der Waals surface area contributed by atoms with Crippen molar-refractivity contribution < 1.29 is 4.79 Å². The van der Waals surface area contributed by atoms with Crippen LogP contribution in [0.1, 0.15) is 43.5 Å². The van der Waals surface area contributed by atoms with Crippen molar-refractivity contribution in [2.24, 2.45) is 0 Å². The number of hydrogen-bond donors (Lipinski definition) is 1. The second kappa shape index (κ2) is 8.49. The van der Waals surface area contributed by atoms with E-state index in [9.17, 15) is 9.59 Å². The smallest absolute Gasteiger partial charge is 0.262 e. The van der Waals surface area contributed by atoms with Crippen molar-refractivity contribution in [2.45, 2.75) is 55.6 Å². The first kappa shape index (κ1) is 19.2. The minimum absolute atomic E-state index is 0.00573. The second-order valence-electron chi connectivity index (χ2n) is 7.08. The van der Waals surface area contributed by atoms with Crippen molar-refractivity contribution in [2.75, 3.05) is 0 Å². The molecule has 3 aromatic rings. The molecular weight excluding hydrogens is 390 g/mol. The molecule has 1 N–H and O–H groups in total. The summed E-state index contributed by atoms with van der Waals surface area (Å²) < 4.78 is 1.84. The molecule has 1 amide bonds. The van der Waals surface area contributed by atoms with Crippen LogP contribution in [0.5, 0.6) is 0 Å². The predicted molar refractivity (Wildman–Crippen MR) is 115 cm³/mol. The Hall–Kier alpha value is -2.12. The molecular formula is C21H23N3O2S2. The maximum absolute atomic E-state index is 13.2. The van der Waals surface area contributed by atoms with Crippen LogP contribution in [0.15, 0.2) is 51.7 Å². The molecule has 1 aromatic carbocycles. The Morgan fingerprint density at radius 2 is 2.07 bits per heavy atom. The van der Waals surface area contributed by atoms with Crippen molar-refractivity contribution in [3.63, 3.8) is 0 Å². The van der Waals surface area contributed by atoms with Crippen LogP contribution in [0, 0.1) is 0 Å². The SMILES string of the molecule is C[C@H](Sc1nc2ccccc2c(=O)n1C1CCCC1)C(=O)NCc1cccs1.